The first-order chi connectivity index (χ1) is 9.08. The Morgan fingerprint density at radius 2 is 1.95 bits per heavy atom. The van der Waals surface area contributed by atoms with Gasteiger partial charge in [-0.15, -0.1) is 0 Å². The van der Waals surface area contributed by atoms with E-state index in [-0.39, 0.29) is 17.9 Å². The second kappa shape index (κ2) is 6.20. The molecule has 0 saturated carbocycles. The zero-order valence-electron chi connectivity index (χ0n) is 12.0. The Morgan fingerprint density at radius 1 is 1.26 bits per heavy atom. The molecule has 0 aliphatic carbocycles. The molecule has 4 unspecified atom stereocenters. The monoisotopic (exact) mass is 260 g/mol. The van der Waals surface area contributed by atoms with E-state index in [1.54, 1.807) is 0 Å². The van der Waals surface area contributed by atoms with E-state index in [0.29, 0.717) is 12.1 Å². The van der Waals surface area contributed by atoms with E-state index < -0.39 is 0 Å². The van der Waals surface area contributed by atoms with Gasteiger partial charge >= 0.3 is 0 Å². The molecule has 2 rings (SSSR count). The topological polar surface area (TPSA) is 41.1 Å². The highest BCUT2D eigenvalue weighted by Gasteiger charge is 2.27. The molecule has 0 spiro atoms. The molecule has 0 bridgehead atoms. The number of nitrogens with one attached hydrogen (secondary N) is 2. The lowest BCUT2D eigenvalue weighted by molar-refractivity contribution is -0.123. The van der Waals surface area contributed by atoms with Gasteiger partial charge in [-0.1, -0.05) is 30.3 Å². The van der Waals surface area contributed by atoms with Gasteiger partial charge in [0.15, 0.2) is 0 Å². The average molecular weight is 260 g/mol. The van der Waals surface area contributed by atoms with Crippen LogP contribution in [0.2, 0.25) is 0 Å². The van der Waals surface area contributed by atoms with Crippen molar-refractivity contribution in [3.8, 4) is 0 Å². The van der Waals surface area contributed by atoms with Crippen molar-refractivity contribution in [3.05, 3.63) is 35.9 Å². The van der Waals surface area contributed by atoms with Crippen LogP contribution in [0.4, 0.5) is 0 Å². The minimum absolute atomic E-state index is 0.0900. The molecule has 1 aromatic rings. The highest BCUT2D eigenvalue weighted by atomic mass is 16.1. The second-order valence-electron chi connectivity index (χ2n) is 5.68. The Hall–Kier alpha value is -1.35. The van der Waals surface area contributed by atoms with Crippen LogP contribution in [-0.2, 0) is 4.79 Å². The summed E-state index contributed by atoms with van der Waals surface area (Å²) in [4.78, 5) is 12.3. The fourth-order valence-corrected chi connectivity index (χ4v) is 2.73. The van der Waals surface area contributed by atoms with Crippen molar-refractivity contribution in [1.29, 1.82) is 0 Å². The summed E-state index contributed by atoms with van der Waals surface area (Å²) in [6.45, 7) is 6.31. The third kappa shape index (κ3) is 3.57. The first kappa shape index (κ1) is 14.1. The molecule has 3 heteroatoms. The Morgan fingerprint density at radius 3 is 2.58 bits per heavy atom. The summed E-state index contributed by atoms with van der Waals surface area (Å²) in [5, 5.41) is 6.68. The highest BCUT2D eigenvalue weighted by Crippen LogP contribution is 2.17. The number of amides is 1. The molecule has 0 aromatic heterocycles. The lowest BCUT2D eigenvalue weighted by atomic mass is 9.93. The van der Waals surface area contributed by atoms with Gasteiger partial charge in [-0.25, -0.2) is 0 Å². The summed E-state index contributed by atoms with van der Waals surface area (Å²) >= 11 is 0. The number of piperidine rings is 1. The number of hydrogen-bond acceptors (Lipinski definition) is 2. The van der Waals surface area contributed by atoms with Gasteiger partial charge in [0.2, 0.25) is 5.91 Å². The van der Waals surface area contributed by atoms with Gasteiger partial charge in [0, 0.05) is 18.1 Å². The number of rotatable bonds is 3. The maximum absolute atomic E-state index is 12.3. The van der Waals surface area contributed by atoms with Gasteiger partial charge in [-0.2, -0.15) is 0 Å². The molecule has 1 aromatic carbocycles. The molecule has 3 nitrogen and oxygen atoms in total. The summed E-state index contributed by atoms with van der Waals surface area (Å²) in [5.74, 6) is 0.0344. The standard InChI is InChI=1S/C16H24N2O/c1-11-9-10-15(13(3)17-11)18-16(19)12(2)14-7-5-4-6-8-14/h4-8,11-13,15,17H,9-10H2,1-3H3,(H,18,19). The van der Waals surface area contributed by atoms with Crippen LogP contribution in [0, 0.1) is 0 Å². The fraction of sp³-hybridized carbons (Fsp3) is 0.562. The molecule has 2 N–H and O–H groups in total. The molecule has 4 atom stereocenters. The SMILES string of the molecule is CC1CCC(NC(=O)C(C)c2ccccc2)C(C)N1. The van der Waals surface area contributed by atoms with Crippen molar-refractivity contribution in [3.63, 3.8) is 0 Å². The predicted octanol–water partition coefficient (Wildman–Crippen LogP) is 2.44. The van der Waals surface area contributed by atoms with E-state index in [9.17, 15) is 4.79 Å². The van der Waals surface area contributed by atoms with Gasteiger partial charge in [0.1, 0.15) is 0 Å². The Labute approximate surface area is 115 Å². The van der Waals surface area contributed by atoms with Crippen molar-refractivity contribution in [2.24, 2.45) is 0 Å². The third-order valence-corrected chi connectivity index (χ3v) is 4.08. The van der Waals surface area contributed by atoms with E-state index in [1.165, 1.54) is 0 Å². The van der Waals surface area contributed by atoms with Crippen LogP contribution < -0.4 is 10.6 Å². The van der Waals surface area contributed by atoms with Crippen LogP contribution >= 0.6 is 0 Å². The van der Waals surface area contributed by atoms with Crippen LogP contribution in [0.1, 0.15) is 45.1 Å². The zero-order valence-corrected chi connectivity index (χ0v) is 12.0. The van der Waals surface area contributed by atoms with Crippen LogP contribution in [0.3, 0.4) is 0 Å². The molecular formula is C16H24N2O. The quantitative estimate of drug-likeness (QED) is 0.876. The molecule has 1 heterocycles. The normalized spacial score (nSPS) is 28.7. The van der Waals surface area contributed by atoms with Crippen molar-refractivity contribution < 1.29 is 4.79 Å². The van der Waals surface area contributed by atoms with E-state index in [1.807, 2.05) is 37.3 Å². The van der Waals surface area contributed by atoms with Gasteiger partial charge in [0.25, 0.3) is 0 Å². The summed E-state index contributed by atoms with van der Waals surface area (Å²) in [6.07, 6.45) is 2.18. The molecule has 1 aliphatic heterocycles. The summed E-state index contributed by atoms with van der Waals surface area (Å²) in [6, 6.07) is 11.1. The Kier molecular flexibility index (Phi) is 4.59. The predicted molar refractivity (Wildman–Crippen MR) is 78.1 cm³/mol. The van der Waals surface area contributed by atoms with Gasteiger partial charge in [-0.3, -0.25) is 4.79 Å². The second-order valence-corrected chi connectivity index (χ2v) is 5.68. The van der Waals surface area contributed by atoms with Crippen LogP contribution in [-0.4, -0.2) is 24.0 Å². The molecule has 1 amide bonds. The highest BCUT2D eigenvalue weighted by molar-refractivity contribution is 5.83. The largest absolute Gasteiger partial charge is 0.351 e. The van der Waals surface area contributed by atoms with Crippen LogP contribution in [0.5, 0.6) is 0 Å². The molecule has 1 aliphatic rings. The minimum Gasteiger partial charge on any atom is -0.351 e. The lowest BCUT2D eigenvalue weighted by Crippen LogP contribution is -2.55. The van der Waals surface area contributed by atoms with Gasteiger partial charge in [-0.05, 0) is 39.2 Å². The van der Waals surface area contributed by atoms with E-state index in [0.717, 1.165) is 18.4 Å². The zero-order chi connectivity index (χ0) is 13.8. The van der Waals surface area contributed by atoms with Gasteiger partial charge < -0.3 is 10.6 Å². The molecule has 19 heavy (non-hydrogen) atoms. The van der Waals surface area contributed by atoms with E-state index in [2.05, 4.69) is 24.5 Å². The smallest absolute Gasteiger partial charge is 0.227 e. The molecule has 0 radical (unpaired) electrons. The van der Waals surface area contributed by atoms with E-state index >= 15 is 0 Å². The number of hydrogen-bond donors (Lipinski definition) is 2. The molecule has 1 fully saturated rings. The number of benzene rings is 1. The van der Waals surface area contributed by atoms with Gasteiger partial charge in [0.05, 0.1) is 5.92 Å². The van der Waals surface area contributed by atoms with Crippen molar-refractivity contribution >= 4 is 5.91 Å². The lowest BCUT2D eigenvalue weighted by Gasteiger charge is -2.35. The molecule has 104 valence electrons. The average Bonchev–Trinajstić information content (AvgIpc) is 2.42. The first-order valence-corrected chi connectivity index (χ1v) is 7.19. The van der Waals surface area contributed by atoms with E-state index in [4.69, 9.17) is 0 Å². The minimum atomic E-state index is -0.0900. The van der Waals surface area contributed by atoms with Crippen molar-refractivity contribution in [2.45, 2.75) is 57.7 Å². The van der Waals surface area contributed by atoms with Crippen LogP contribution in [0.15, 0.2) is 30.3 Å². The number of carbonyl (C=O) groups excluding carboxylic acids is 1. The number of carbonyl (C=O) groups is 1. The summed E-state index contributed by atoms with van der Waals surface area (Å²) < 4.78 is 0. The third-order valence-electron chi connectivity index (χ3n) is 4.08. The first-order valence-electron chi connectivity index (χ1n) is 7.19. The Bertz CT molecular complexity index is 418. The summed E-state index contributed by atoms with van der Waals surface area (Å²) in [7, 11) is 0. The van der Waals surface area contributed by atoms with Crippen LogP contribution in [0.25, 0.3) is 0 Å². The van der Waals surface area contributed by atoms with Crippen molar-refractivity contribution in [2.75, 3.05) is 0 Å². The fourth-order valence-electron chi connectivity index (χ4n) is 2.73. The maximum Gasteiger partial charge on any atom is 0.227 e. The molecular weight excluding hydrogens is 236 g/mol. The summed E-state index contributed by atoms with van der Waals surface area (Å²) in [5.41, 5.74) is 1.07. The Balaban J connectivity index is 1.94. The maximum atomic E-state index is 12.3. The molecule has 1 saturated heterocycles. The van der Waals surface area contributed by atoms with Crippen molar-refractivity contribution in [1.82, 2.24) is 10.6 Å².